The Kier molecular flexibility index (Phi) is 3.57. The Morgan fingerprint density at radius 3 is 1.96 bits per heavy atom. The summed E-state index contributed by atoms with van der Waals surface area (Å²) in [5, 5.41) is 10.9. The van der Waals surface area contributed by atoms with Crippen LogP contribution in [0.15, 0.2) is 84.9 Å². The summed E-state index contributed by atoms with van der Waals surface area (Å²) < 4.78 is 0. The molecule has 0 fully saturated rings. The highest BCUT2D eigenvalue weighted by atomic mass is 16.3. The molecule has 0 bridgehead atoms. The zero-order valence-electron chi connectivity index (χ0n) is 12.8. The molecule has 0 aliphatic heterocycles. The molecule has 2 atom stereocenters. The largest absolute Gasteiger partial charge is 0.387 e. The molecule has 0 radical (unpaired) electrons. The lowest BCUT2D eigenvalue weighted by molar-refractivity contribution is 0.160. The highest BCUT2D eigenvalue weighted by molar-refractivity contribution is 5.75. The Balaban J connectivity index is 1.81. The maximum atomic E-state index is 10.9. The molecular weight excluding hydrogens is 280 g/mol. The molecule has 4 rings (SSSR count). The van der Waals surface area contributed by atoms with Crippen LogP contribution in [0.25, 0.3) is 17.2 Å². The van der Waals surface area contributed by atoms with Crippen LogP contribution in [0.4, 0.5) is 0 Å². The van der Waals surface area contributed by atoms with Gasteiger partial charge < -0.3 is 5.11 Å². The summed E-state index contributed by atoms with van der Waals surface area (Å²) in [5.41, 5.74) is 5.70. The van der Waals surface area contributed by atoms with Crippen molar-refractivity contribution < 1.29 is 5.11 Å². The van der Waals surface area contributed by atoms with E-state index in [0.29, 0.717) is 0 Å². The maximum absolute atomic E-state index is 10.9. The fourth-order valence-corrected chi connectivity index (χ4v) is 3.38. The average Bonchev–Trinajstić information content (AvgIpc) is 2.63. The van der Waals surface area contributed by atoms with Gasteiger partial charge in [0, 0.05) is 5.92 Å². The van der Waals surface area contributed by atoms with E-state index in [-0.39, 0.29) is 5.92 Å². The van der Waals surface area contributed by atoms with Crippen LogP contribution >= 0.6 is 0 Å². The van der Waals surface area contributed by atoms with Crippen molar-refractivity contribution in [2.75, 3.05) is 0 Å². The molecule has 23 heavy (non-hydrogen) atoms. The molecule has 1 aliphatic rings. The molecule has 0 aromatic heterocycles. The number of aliphatic hydroxyl groups is 1. The van der Waals surface area contributed by atoms with Crippen LogP contribution in [0.5, 0.6) is 0 Å². The van der Waals surface area contributed by atoms with Gasteiger partial charge in [0.1, 0.15) is 0 Å². The number of benzene rings is 3. The second-order valence-electron chi connectivity index (χ2n) is 5.91. The van der Waals surface area contributed by atoms with Gasteiger partial charge in [0.15, 0.2) is 0 Å². The molecule has 1 heteroatoms. The molecule has 3 aromatic carbocycles. The maximum Gasteiger partial charge on any atom is 0.0899 e. The van der Waals surface area contributed by atoms with Crippen LogP contribution in [-0.2, 0) is 0 Å². The minimum Gasteiger partial charge on any atom is -0.387 e. The first-order valence-corrected chi connectivity index (χ1v) is 7.94. The average molecular weight is 298 g/mol. The molecule has 112 valence electrons. The lowest BCUT2D eigenvalue weighted by atomic mass is 9.76. The van der Waals surface area contributed by atoms with Crippen molar-refractivity contribution in [3.63, 3.8) is 0 Å². The number of hydrogen-bond acceptors (Lipinski definition) is 1. The van der Waals surface area contributed by atoms with E-state index in [0.717, 1.165) is 16.7 Å². The van der Waals surface area contributed by atoms with Crippen molar-refractivity contribution >= 4 is 6.08 Å². The van der Waals surface area contributed by atoms with E-state index < -0.39 is 6.10 Å². The standard InChI is InChI=1S/C22H18O/c23-22-20-13-7-6-11-18(20)17-10-4-5-12-19(17)21(22)15-14-16-8-2-1-3-9-16/h1-15,21-23H/b15-14+. The van der Waals surface area contributed by atoms with Gasteiger partial charge in [-0.3, -0.25) is 0 Å². The summed E-state index contributed by atoms with van der Waals surface area (Å²) in [7, 11) is 0. The molecule has 0 saturated carbocycles. The zero-order chi connectivity index (χ0) is 15.6. The molecular formula is C22H18O. The SMILES string of the molecule is OC1c2ccccc2-c2ccccc2C1/C=C/c1ccccc1. The third-order valence-electron chi connectivity index (χ3n) is 4.53. The van der Waals surface area contributed by atoms with Crippen LogP contribution in [0.1, 0.15) is 28.7 Å². The number of aliphatic hydroxyl groups excluding tert-OH is 1. The van der Waals surface area contributed by atoms with Gasteiger partial charge in [0.25, 0.3) is 0 Å². The minimum atomic E-state index is -0.513. The second-order valence-corrected chi connectivity index (χ2v) is 5.91. The summed E-state index contributed by atoms with van der Waals surface area (Å²) in [6.07, 6.45) is 3.70. The summed E-state index contributed by atoms with van der Waals surface area (Å²) in [5.74, 6) is -0.0266. The van der Waals surface area contributed by atoms with E-state index in [1.165, 1.54) is 11.1 Å². The third kappa shape index (κ3) is 2.49. The van der Waals surface area contributed by atoms with Gasteiger partial charge in [-0.15, -0.1) is 0 Å². The molecule has 1 aliphatic carbocycles. The van der Waals surface area contributed by atoms with Crippen LogP contribution in [-0.4, -0.2) is 5.11 Å². The molecule has 0 amide bonds. The number of rotatable bonds is 2. The topological polar surface area (TPSA) is 20.2 Å². The molecule has 3 aromatic rings. The van der Waals surface area contributed by atoms with Crippen molar-refractivity contribution in [1.82, 2.24) is 0 Å². The Morgan fingerprint density at radius 1 is 0.652 bits per heavy atom. The highest BCUT2D eigenvalue weighted by Crippen LogP contribution is 2.46. The predicted octanol–water partition coefficient (Wildman–Crippen LogP) is 5.20. The smallest absolute Gasteiger partial charge is 0.0899 e. The molecule has 0 heterocycles. The van der Waals surface area contributed by atoms with Crippen LogP contribution in [0.3, 0.4) is 0 Å². The summed E-state index contributed by atoms with van der Waals surface area (Å²) in [6.45, 7) is 0. The molecule has 0 saturated heterocycles. The molecule has 1 N–H and O–H groups in total. The first-order chi connectivity index (χ1) is 11.3. The van der Waals surface area contributed by atoms with E-state index >= 15 is 0 Å². The van der Waals surface area contributed by atoms with Crippen molar-refractivity contribution in [2.45, 2.75) is 12.0 Å². The lowest BCUT2D eigenvalue weighted by Gasteiger charge is -2.30. The van der Waals surface area contributed by atoms with Gasteiger partial charge in [-0.25, -0.2) is 0 Å². The fourth-order valence-electron chi connectivity index (χ4n) is 3.38. The normalized spacial score (nSPS) is 19.3. The van der Waals surface area contributed by atoms with E-state index in [4.69, 9.17) is 0 Å². The highest BCUT2D eigenvalue weighted by Gasteiger charge is 2.30. The fraction of sp³-hybridized carbons (Fsp3) is 0.0909. The second kappa shape index (κ2) is 5.86. The van der Waals surface area contributed by atoms with Crippen LogP contribution < -0.4 is 0 Å². The van der Waals surface area contributed by atoms with Gasteiger partial charge in [0.2, 0.25) is 0 Å². The monoisotopic (exact) mass is 298 g/mol. The van der Waals surface area contributed by atoms with E-state index in [9.17, 15) is 5.11 Å². The van der Waals surface area contributed by atoms with Crippen molar-refractivity contribution in [3.8, 4) is 11.1 Å². The first kappa shape index (κ1) is 14.0. The first-order valence-electron chi connectivity index (χ1n) is 7.94. The Hall–Kier alpha value is -2.64. The van der Waals surface area contributed by atoms with Gasteiger partial charge >= 0.3 is 0 Å². The molecule has 2 unspecified atom stereocenters. The summed E-state index contributed by atoms with van der Waals surface area (Å²) in [4.78, 5) is 0. The van der Waals surface area contributed by atoms with Crippen LogP contribution in [0.2, 0.25) is 0 Å². The Bertz CT molecular complexity index is 849. The van der Waals surface area contributed by atoms with Crippen molar-refractivity contribution in [2.24, 2.45) is 0 Å². The quantitative estimate of drug-likeness (QED) is 0.689. The Labute approximate surface area is 136 Å². The zero-order valence-corrected chi connectivity index (χ0v) is 12.8. The van der Waals surface area contributed by atoms with Crippen molar-refractivity contribution in [1.29, 1.82) is 0 Å². The number of fused-ring (bicyclic) bond motifs is 3. The molecule has 1 nitrogen and oxygen atoms in total. The number of hydrogen-bond donors (Lipinski definition) is 1. The minimum absolute atomic E-state index is 0.0266. The predicted molar refractivity (Wildman–Crippen MR) is 95.1 cm³/mol. The van der Waals surface area contributed by atoms with Gasteiger partial charge in [-0.1, -0.05) is 91.0 Å². The Morgan fingerprint density at radius 2 is 1.22 bits per heavy atom. The van der Waals surface area contributed by atoms with Gasteiger partial charge in [0.05, 0.1) is 6.10 Å². The summed E-state index contributed by atoms with van der Waals surface area (Å²) >= 11 is 0. The summed E-state index contributed by atoms with van der Waals surface area (Å²) in [6, 6.07) is 26.7. The van der Waals surface area contributed by atoms with Crippen LogP contribution in [0, 0.1) is 0 Å². The van der Waals surface area contributed by atoms with Crippen molar-refractivity contribution in [3.05, 3.63) is 102 Å². The van der Waals surface area contributed by atoms with Gasteiger partial charge in [-0.2, -0.15) is 0 Å². The lowest BCUT2D eigenvalue weighted by Crippen LogP contribution is -2.15. The van der Waals surface area contributed by atoms with E-state index in [2.05, 4.69) is 48.6 Å². The van der Waals surface area contributed by atoms with E-state index in [1.807, 2.05) is 42.5 Å². The van der Waals surface area contributed by atoms with E-state index in [1.54, 1.807) is 0 Å². The third-order valence-corrected chi connectivity index (χ3v) is 4.53. The van der Waals surface area contributed by atoms with Gasteiger partial charge in [-0.05, 0) is 27.8 Å². The molecule has 0 spiro atoms.